The molecule has 4 rings (SSSR count). The van der Waals surface area contributed by atoms with Crippen LogP contribution in [0.1, 0.15) is 45.0 Å². The normalized spacial score (nSPS) is 16.5. The molecule has 2 unspecified atom stereocenters. The van der Waals surface area contributed by atoms with E-state index in [9.17, 15) is 9.59 Å². The van der Waals surface area contributed by atoms with Crippen molar-refractivity contribution in [3.63, 3.8) is 0 Å². The lowest BCUT2D eigenvalue weighted by molar-refractivity contribution is -0.115. The maximum Gasteiger partial charge on any atom is 0.251 e. The molecule has 0 aliphatic heterocycles. The molecule has 0 bridgehead atoms. The van der Waals surface area contributed by atoms with Gasteiger partial charge >= 0.3 is 0 Å². The number of carbonyl (C=O) groups excluding carboxylic acids is 2. The van der Waals surface area contributed by atoms with E-state index in [0.29, 0.717) is 16.5 Å². The van der Waals surface area contributed by atoms with Gasteiger partial charge in [-0.15, -0.1) is 23.1 Å². The third kappa shape index (κ3) is 4.45. The average molecular weight is 437 g/mol. The van der Waals surface area contributed by atoms with Crippen LogP contribution < -0.4 is 11.1 Å². The van der Waals surface area contributed by atoms with E-state index in [1.54, 1.807) is 0 Å². The van der Waals surface area contributed by atoms with Gasteiger partial charge in [-0.1, -0.05) is 55.5 Å². The van der Waals surface area contributed by atoms with Gasteiger partial charge in [-0.05, 0) is 48.4 Å². The standard InChI is InChI=1S/C24H24N2O2S2/c1-15-12-13-18-19(14-15)30-24(20(18)22(25)27)26-23(28)21(16-8-4-2-5-9-16)29-17-10-6-3-7-11-17/h2-11,15,21H,12-14H2,1H3,(H2,25,27)(H,26,28). The van der Waals surface area contributed by atoms with Gasteiger partial charge in [0.2, 0.25) is 5.91 Å². The number of nitrogens with one attached hydrogen (secondary N) is 1. The highest BCUT2D eigenvalue weighted by Gasteiger charge is 2.29. The SMILES string of the molecule is CC1CCc2c(sc(NC(=O)C(Sc3ccccc3)c3ccccc3)c2C(N)=O)C1. The number of fused-ring (bicyclic) bond motifs is 1. The van der Waals surface area contributed by atoms with E-state index in [1.165, 1.54) is 28.0 Å². The topological polar surface area (TPSA) is 72.2 Å². The minimum Gasteiger partial charge on any atom is -0.365 e. The summed E-state index contributed by atoms with van der Waals surface area (Å²) >= 11 is 2.99. The Morgan fingerprint density at radius 1 is 1.10 bits per heavy atom. The Morgan fingerprint density at radius 2 is 1.77 bits per heavy atom. The molecule has 0 saturated heterocycles. The molecule has 0 radical (unpaired) electrons. The van der Waals surface area contributed by atoms with Crippen LogP contribution >= 0.6 is 23.1 Å². The van der Waals surface area contributed by atoms with E-state index in [1.807, 2.05) is 60.7 Å². The molecular formula is C24H24N2O2S2. The molecule has 1 aliphatic rings. The van der Waals surface area contributed by atoms with Crippen molar-refractivity contribution < 1.29 is 9.59 Å². The van der Waals surface area contributed by atoms with Gasteiger partial charge in [-0.3, -0.25) is 9.59 Å². The van der Waals surface area contributed by atoms with Gasteiger partial charge in [0.25, 0.3) is 5.91 Å². The summed E-state index contributed by atoms with van der Waals surface area (Å²) < 4.78 is 0. The number of anilines is 1. The number of carbonyl (C=O) groups is 2. The maximum absolute atomic E-state index is 13.4. The molecule has 2 atom stereocenters. The Balaban J connectivity index is 1.65. The van der Waals surface area contributed by atoms with E-state index in [-0.39, 0.29) is 5.91 Å². The fourth-order valence-electron chi connectivity index (χ4n) is 3.81. The molecule has 2 aromatic carbocycles. The first kappa shape index (κ1) is 20.7. The Morgan fingerprint density at radius 3 is 2.43 bits per heavy atom. The molecule has 2 amide bonds. The smallest absolute Gasteiger partial charge is 0.251 e. The van der Waals surface area contributed by atoms with Gasteiger partial charge in [0.1, 0.15) is 10.3 Å². The van der Waals surface area contributed by atoms with Crippen molar-refractivity contribution in [2.45, 2.75) is 36.3 Å². The number of hydrogen-bond donors (Lipinski definition) is 2. The first-order valence-corrected chi connectivity index (χ1v) is 11.7. The predicted octanol–water partition coefficient (Wildman–Crippen LogP) is 5.44. The Labute approximate surface area is 184 Å². The van der Waals surface area contributed by atoms with Crippen LogP contribution in [0.2, 0.25) is 0 Å². The number of primary amides is 1. The number of thiophene rings is 1. The second-order valence-corrected chi connectivity index (χ2v) is 9.91. The molecule has 1 aromatic heterocycles. The molecular weight excluding hydrogens is 412 g/mol. The number of nitrogens with two attached hydrogens (primary N) is 1. The summed E-state index contributed by atoms with van der Waals surface area (Å²) in [5.74, 6) is -0.0420. The highest BCUT2D eigenvalue weighted by molar-refractivity contribution is 8.00. The van der Waals surface area contributed by atoms with Crippen LogP contribution in [-0.2, 0) is 17.6 Å². The molecule has 3 aromatic rings. The van der Waals surface area contributed by atoms with Gasteiger partial charge in [0.15, 0.2) is 0 Å². The van der Waals surface area contributed by atoms with Crippen LogP contribution in [0, 0.1) is 5.92 Å². The molecule has 0 fully saturated rings. The van der Waals surface area contributed by atoms with Gasteiger partial charge < -0.3 is 11.1 Å². The van der Waals surface area contributed by atoms with E-state index in [2.05, 4.69) is 12.2 Å². The quantitative estimate of drug-likeness (QED) is 0.505. The summed E-state index contributed by atoms with van der Waals surface area (Å²) in [6, 6.07) is 19.6. The van der Waals surface area contributed by atoms with Gasteiger partial charge in [-0.2, -0.15) is 0 Å². The van der Waals surface area contributed by atoms with Crippen LogP contribution in [0.4, 0.5) is 5.00 Å². The average Bonchev–Trinajstić information content (AvgIpc) is 3.10. The molecule has 0 saturated carbocycles. The van der Waals surface area contributed by atoms with Crippen molar-refractivity contribution in [3.8, 4) is 0 Å². The summed E-state index contributed by atoms with van der Waals surface area (Å²) in [7, 11) is 0. The lowest BCUT2D eigenvalue weighted by atomic mass is 9.88. The van der Waals surface area contributed by atoms with E-state index < -0.39 is 11.2 Å². The summed E-state index contributed by atoms with van der Waals surface area (Å²) in [5, 5.41) is 3.19. The third-order valence-corrected chi connectivity index (χ3v) is 7.77. The fourth-order valence-corrected chi connectivity index (χ4v) is 6.28. The molecule has 3 N–H and O–H groups in total. The molecule has 1 aliphatic carbocycles. The summed E-state index contributed by atoms with van der Waals surface area (Å²) in [6.07, 6.45) is 2.80. The summed E-state index contributed by atoms with van der Waals surface area (Å²) in [6.45, 7) is 2.22. The second-order valence-electron chi connectivity index (χ2n) is 7.63. The highest BCUT2D eigenvalue weighted by atomic mass is 32.2. The predicted molar refractivity (Wildman–Crippen MR) is 124 cm³/mol. The monoisotopic (exact) mass is 436 g/mol. The van der Waals surface area contributed by atoms with Crippen LogP contribution in [-0.4, -0.2) is 11.8 Å². The van der Waals surface area contributed by atoms with Gasteiger partial charge in [0, 0.05) is 9.77 Å². The first-order valence-electron chi connectivity index (χ1n) is 10.0. The maximum atomic E-state index is 13.4. The minimum atomic E-state index is -0.468. The number of hydrogen-bond acceptors (Lipinski definition) is 4. The summed E-state index contributed by atoms with van der Waals surface area (Å²) in [5.41, 5.74) is 8.15. The molecule has 154 valence electrons. The zero-order valence-electron chi connectivity index (χ0n) is 16.8. The Bertz CT molecular complexity index is 1050. The zero-order chi connectivity index (χ0) is 21.1. The van der Waals surface area contributed by atoms with Crippen molar-refractivity contribution in [2.24, 2.45) is 11.7 Å². The number of benzene rings is 2. The third-order valence-electron chi connectivity index (χ3n) is 5.33. The fraction of sp³-hybridized carbons (Fsp3) is 0.250. The Hall–Kier alpha value is -2.57. The van der Waals surface area contributed by atoms with Crippen molar-refractivity contribution in [3.05, 3.63) is 82.2 Å². The molecule has 1 heterocycles. The summed E-state index contributed by atoms with van der Waals surface area (Å²) in [4.78, 5) is 27.8. The van der Waals surface area contributed by atoms with Crippen LogP contribution in [0.15, 0.2) is 65.6 Å². The van der Waals surface area contributed by atoms with Crippen LogP contribution in [0.5, 0.6) is 0 Å². The van der Waals surface area contributed by atoms with Gasteiger partial charge in [-0.25, -0.2) is 0 Å². The molecule has 30 heavy (non-hydrogen) atoms. The van der Waals surface area contributed by atoms with Gasteiger partial charge in [0.05, 0.1) is 5.56 Å². The molecule has 0 spiro atoms. The van der Waals surface area contributed by atoms with Crippen molar-refractivity contribution in [1.29, 1.82) is 0 Å². The second kappa shape index (κ2) is 9.06. The minimum absolute atomic E-state index is 0.149. The van der Waals surface area contributed by atoms with Crippen LogP contribution in [0.3, 0.4) is 0 Å². The van der Waals surface area contributed by atoms with Crippen LogP contribution in [0.25, 0.3) is 0 Å². The largest absolute Gasteiger partial charge is 0.365 e. The number of rotatable bonds is 6. The van der Waals surface area contributed by atoms with Crippen molar-refractivity contribution in [2.75, 3.05) is 5.32 Å². The van der Waals surface area contributed by atoms with E-state index in [0.717, 1.165) is 35.3 Å². The highest BCUT2D eigenvalue weighted by Crippen LogP contribution is 2.41. The lowest BCUT2D eigenvalue weighted by Gasteiger charge is -2.18. The number of thioether (sulfide) groups is 1. The lowest BCUT2D eigenvalue weighted by Crippen LogP contribution is -2.22. The molecule has 4 nitrogen and oxygen atoms in total. The van der Waals surface area contributed by atoms with Crippen molar-refractivity contribution in [1.82, 2.24) is 0 Å². The van der Waals surface area contributed by atoms with E-state index >= 15 is 0 Å². The zero-order valence-corrected chi connectivity index (χ0v) is 18.4. The number of amides is 2. The Kier molecular flexibility index (Phi) is 6.25. The first-order chi connectivity index (χ1) is 14.5. The van der Waals surface area contributed by atoms with E-state index in [4.69, 9.17) is 5.73 Å². The molecule has 6 heteroatoms. The van der Waals surface area contributed by atoms with Crippen molar-refractivity contribution >= 4 is 39.9 Å².